The molecule has 0 aromatic rings. The molecule has 66 valence electrons. The number of hydrogen-bond donors (Lipinski definition) is 0. The molecule has 0 heterocycles. The van der Waals surface area contributed by atoms with Crippen LogP contribution in [-0.4, -0.2) is 29.9 Å². The Labute approximate surface area is 70.3 Å². The summed E-state index contributed by atoms with van der Waals surface area (Å²) in [5.74, 6) is 0. The van der Waals surface area contributed by atoms with Crippen molar-refractivity contribution < 1.29 is 0 Å². The van der Waals surface area contributed by atoms with Gasteiger partial charge in [-0.3, -0.25) is 4.99 Å². The Morgan fingerprint density at radius 3 is 2.09 bits per heavy atom. The van der Waals surface area contributed by atoms with Crippen LogP contribution in [0.3, 0.4) is 0 Å². The summed E-state index contributed by atoms with van der Waals surface area (Å²) >= 11 is 0. The highest BCUT2D eigenvalue weighted by Crippen LogP contribution is 1.94. The van der Waals surface area contributed by atoms with Gasteiger partial charge in [0.25, 0.3) is 0 Å². The van der Waals surface area contributed by atoms with Gasteiger partial charge < -0.3 is 4.90 Å². The van der Waals surface area contributed by atoms with Crippen molar-refractivity contribution in [2.45, 2.75) is 46.7 Å². The van der Waals surface area contributed by atoms with Gasteiger partial charge >= 0.3 is 0 Å². The SMILES string of the molecule is CCN(/C=N\C(C)C)C(C)C. The molecule has 0 radical (unpaired) electrons. The van der Waals surface area contributed by atoms with E-state index < -0.39 is 0 Å². The van der Waals surface area contributed by atoms with Crippen LogP contribution < -0.4 is 0 Å². The van der Waals surface area contributed by atoms with Crippen LogP contribution >= 0.6 is 0 Å². The third-order valence-corrected chi connectivity index (χ3v) is 1.54. The van der Waals surface area contributed by atoms with Crippen molar-refractivity contribution in [3.63, 3.8) is 0 Å². The van der Waals surface area contributed by atoms with E-state index in [0.717, 1.165) is 6.54 Å². The third-order valence-electron chi connectivity index (χ3n) is 1.54. The predicted octanol–water partition coefficient (Wildman–Crippen LogP) is 2.15. The van der Waals surface area contributed by atoms with E-state index in [4.69, 9.17) is 0 Å². The molecule has 0 aliphatic rings. The molecule has 11 heavy (non-hydrogen) atoms. The topological polar surface area (TPSA) is 15.6 Å². The predicted molar refractivity (Wildman–Crippen MR) is 51.1 cm³/mol. The summed E-state index contributed by atoms with van der Waals surface area (Å²) in [6.07, 6.45) is 1.95. The van der Waals surface area contributed by atoms with E-state index in [1.54, 1.807) is 0 Å². The molecule has 0 bridgehead atoms. The first-order valence-electron chi connectivity index (χ1n) is 4.37. The molecule has 0 unspecified atom stereocenters. The fraction of sp³-hybridized carbons (Fsp3) is 0.889. The van der Waals surface area contributed by atoms with Crippen LogP contribution in [0.4, 0.5) is 0 Å². The summed E-state index contributed by atoms with van der Waals surface area (Å²) in [7, 11) is 0. The fourth-order valence-electron chi connectivity index (χ4n) is 0.799. The first-order valence-corrected chi connectivity index (χ1v) is 4.37. The van der Waals surface area contributed by atoms with Crippen molar-refractivity contribution in [2.24, 2.45) is 4.99 Å². The quantitative estimate of drug-likeness (QED) is 0.450. The first kappa shape index (κ1) is 10.5. The summed E-state index contributed by atoms with van der Waals surface area (Å²) in [6.45, 7) is 11.7. The molecular formula is C9H20N2. The molecule has 2 nitrogen and oxygen atoms in total. The maximum atomic E-state index is 4.32. The first-order chi connectivity index (χ1) is 5.07. The molecule has 2 heteroatoms. The minimum absolute atomic E-state index is 0.405. The fourth-order valence-corrected chi connectivity index (χ4v) is 0.799. The van der Waals surface area contributed by atoms with Gasteiger partial charge in [-0.1, -0.05) is 0 Å². The molecule has 0 aromatic carbocycles. The van der Waals surface area contributed by atoms with Crippen LogP contribution in [0.2, 0.25) is 0 Å². The smallest absolute Gasteiger partial charge is 0.0855 e. The highest BCUT2D eigenvalue weighted by atomic mass is 15.2. The lowest BCUT2D eigenvalue weighted by Crippen LogP contribution is -2.29. The summed E-state index contributed by atoms with van der Waals surface area (Å²) < 4.78 is 0. The molecule has 0 atom stereocenters. The summed E-state index contributed by atoms with van der Waals surface area (Å²) in [4.78, 5) is 6.54. The van der Waals surface area contributed by atoms with Crippen molar-refractivity contribution in [1.82, 2.24) is 4.90 Å². The van der Waals surface area contributed by atoms with Gasteiger partial charge in [0.1, 0.15) is 0 Å². The maximum absolute atomic E-state index is 4.32. The van der Waals surface area contributed by atoms with Crippen LogP contribution in [0.1, 0.15) is 34.6 Å². The second kappa shape index (κ2) is 5.16. The number of nitrogens with zero attached hydrogens (tertiary/aromatic N) is 2. The lowest BCUT2D eigenvalue weighted by atomic mass is 10.3. The number of aliphatic imine (C=N–C) groups is 1. The van der Waals surface area contributed by atoms with Gasteiger partial charge in [0.05, 0.1) is 6.34 Å². The van der Waals surface area contributed by atoms with Crippen LogP contribution in [-0.2, 0) is 0 Å². The molecule has 0 aliphatic carbocycles. The minimum Gasteiger partial charge on any atom is -0.361 e. The Morgan fingerprint density at radius 2 is 1.82 bits per heavy atom. The zero-order valence-corrected chi connectivity index (χ0v) is 8.33. The van der Waals surface area contributed by atoms with Gasteiger partial charge in [0, 0.05) is 18.6 Å². The Hall–Kier alpha value is -0.530. The van der Waals surface area contributed by atoms with Crippen LogP contribution in [0.25, 0.3) is 0 Å². The van der Waals surface area contributed by atoms with Crippen molar-refractivity contribution in [3.8, 4) is 0 Å². The zero-order valence-electron chi connectivity index (χ0n) is 8.33. The molecule has 0 rings (SSSR count). The van der Waals surface area contributed by atoms with Crippen LogP contribution in [0.5, 0.6) is 0 Å². The Kier molecular flexibility index (Phi) is 4.92. The molecule has 0 saturated carbocycles. The van der Waals surface area contributed by atoms with E-state index in [0.29, 0.717) is 12.1 Å². The molecule has 0 aliphatic heterocycles. The summed E-state index contributed by atoms with van der Waals surface area (Å²) in [6, 6.07) is 0.963. The molecule has 0 amide bonds. The zero-order chi connectivity index (χ0) is 8.85. The maximum Gasteiger partial charge on any atom is 0.0855 e. The van der Waals surface area contributed by atoms with Gasteiger partial charge in [-0.2, -0.15) is 0 Å². The van der Waals surface area contributed by atoms with E-state index in [1.807, 2.05) is 6.34 Å². The standard InChI is InChI=1S/C9H20N2/c1-6-11(9(4)5)7-10-8(2)3/h7-9H,6H2,1-5H3/b10-7-. The molecule has 0 aromatic heterocycles. The molecular weight excluding hydrogens is 136 g/mol. The highest BCUT2D eigenvalue weighted by molar-refractivity contribution is 5.55. The van der Waals surface area contributed by atoms with Gasteiger partial charge in [-0.05, 0) is 34.6 Å². The van der Waals surface area contributed by atoms with Gasteiger partial charge in [-0.25, -0.2) is 0 Å². The highest BCUT2D eigenvalue weighted by Gasteiger charge is 2.00. The number of rotatable bonds is 4. The lowest BCUT2D eigenvalue weighted by Gasteiger charge is -2.21. The van der Waals surface area contributed by atoms with Crippen LogP contribution in [0, 0.1) is 0 Å². The third kappa shape index (κ3) is 4.82. The Bertz CT molecular complexity index is 117. The molecule has 0 spiro atoms. The van der Waals surface area contributed by atoms with Crippen molar-refractivity contribution in [2.75, 3.05) is 6.54 Å². The Morgan fingerprint density at radius 1 is 1.27 bits per heavy atom. The normalized spacial score (nSPS) is 11.9. The minimum atomic E-state index is 0.405. The second-order valence-corrected chi connectivity index (χ2v) is 3.28. The molecule has 0 saturated heterocycles. The number of hydrogen-bond acceptors (Lipinski definition) is 1. The van der Waals surface area contributed by atoms with Gasteiger partial charge in [0.2, 0.25) is 0 Å². The van der Waals surface area contributed by atoms with Crippen molar-refractivity contribution in [1.29, 1.82) is 0 Å². The van der Waals surface area contributed by atoms with E-state index in [9.17, 15) is 0 Å². The molecule has 0 N–H and O–H groups in total. The monoisotopic (exact) mass is 156 g/mol. The molecule has 0 fully saturated rings. The van der Waals surface area contributed by atoms with E-state index in [1.165, 1.54) is 0 Å². The average Bonchev–Trinajstić information content (AvgIpc) is 1.87. The largest absolute Gasteiger partial charge is 0.361 e. The van der Waals surface area contributed by atoms with E-state index in [2.05, 4.69) is 44.5 Å². The second-order valence-electron chi connectivity index (χ2n) is 3.28. The summed E-state index contributed by atoms with van der Waals surface area (Å²) in [5, 5.41) is 0. The van der Waals surface area contributed by atoms with Crippen LogP contribution in [0.15, 0.2) is 4.99 Å². The van der Waals surface area contributed by atoms with Crippen molar-refractivity contribution in [3.05, 3.63) is 0 Å². The average molecular weight is 156 g/mol. The summed E-state index contributed by atoms with van der Waals surface area (Å²) in [5.41, 5.74) is 0. The lowest BCUT2D eigenvalue weighted by molar-refractivity contribution is 0.376. The van der Waals surface area contributed by atoms with Gasteiger partial charge in [0.15, 0.2) is 0 Å². The van der Waals surface area contributed by atoms with E-state index in [-0.39, 0.29) is 0 Å². The van der Waals surface area contributed by atoms with Gasteiger partial charge in [-0.15, -0.1) is 0 Å². The Balaban J connectivity index is 3.87. The van der Waals surface area contributed by atoms with Crippen molar-refractivity contribution >= 4 is 6.34 Å². The van der Waals surface area contributed by atoms with E-state index >= 15 is 0 Å².